The van der Waals surface area contributed by atoms with Crippen LogP contribution in [0.25, 0.3) is 11.3 Å². The lowest BCUT2D eigenvalue weighted by atomic mass is 10.1. The van der Waals surface area contributed by atoms with E-state index in [2.05, 4.69) is 20.6 Å². The van der Waals surface area contributed by atoms with Crippen LogP contribution in [0.4, 0.5) is 30.6 Å². The topological polar surface area (TPSA) is 49.8 Å². The summed E-state index contributed by atoms with van der Waals surface area (Å²) in [5.74, 6) is 0.729. The molecular formula is C21H20ClF3N4. The normalized spacial score (nSPS) is 12.0. The molecule has 0 atom stereocenters. The first kappa shape index (κ1) is 20.9. The summed E-state index contributed by atoms with van der Waals surface area (Å²) in [6, 6.07) is 14.8. The van der Waals surface area contributed by atoms with Gasteiger partial charge in [0, 0.05) is 22.9 Å². The van der Waals surface area contributed by atoms with Crippen LogP contribution < -0.4 is 10.6 Å². The van der Waals surface area contributed by atoms with E-state index in [-0.39, 0.29) is 16.2 Å². The molecule has 29 heavy (non-hydrogen) atoms. The number of alkyl halides is 3. The average molecular weight is 421 g/mol. The van der Waals surface area contributed by atoms with Crippen molar-refractivity contribution >= 4 is 29.1 Å². The second-order valence-corrected chi connectivity index (χ2v) is 7.93. The zero-order chi connectivity index (χ0) is 21.2. The minimum Gasteiger partial charge on any atom is -0.350 e. The molecule has 8 heteroatoms. The fourth-order valence-electron chi connectivity index (χ4n) is 2.63. The lowest BCUT2D eigenvalue weighted by molar-refractivity contribution is -0.137. The van der Waals surface area contributed by atoms with Crippen molar-refractivity contribution in [3.05, 3.63) is 65.2 Å². The zero-order valence-corrected chi connectivity index (χ0v) is 16.9. The smallest absolute Gasteiger partial charge is 0.350 e. The Bertz CT molecular complexity index is 999. The number of halogens is 4. The van der Waals surface area contributed by atoms with Gasteiger partial charge in [-0.1, -0.05) is 41.9 Å². The molecule has 3 aromatic rings. The van der Waals surface area contributed by atoms with Gasteiger partial charge in [0.1, 0.15) is 5.82 Å². The summed E-state index contributed by atoms with van der Waals surface area (Å²) in [6.45, 7) is 5.90. The molecule has 0 aliphatic heterocycles. The van der Waals surface area contributed by atoms with Gasteiger partial charge >= 0.3 is 6.18 Å². The third-order valence-electron chi connectivity index (χ3n) is 3.83. The molecule has 2 N–H and O–H groups in total. The summed E-state index contributed by atoms with van der Waals surface area (Å²) in [5.41, 5.74) is 0.522. The summed E-state index contributed by atoms with van der Waals surface area (Å²) < 4.78 is 39.5. The van der Waals surface area contributed by atoms with Crippen molar-refractivity contribution in [2.24, 2.45) is 0 Å². The molecule has 3 rings (SSSR count). The van der Waals surface area contributed by atoms with Crippen LogP contribution in [0.2, 0.25) is 5.02 Å². The van der Waals surface area contributed by atoms with Gasteiger partial charge in [-0.25, -0.2) is 4.98 Å². The van der Waals surface area contributed by atoms with Gasteiger partial charge in [0.15, 0.2) is 0 Å². The predicted octanol–water partition coefficient (Wildman–Crippen LogP) is 6.77. The van der Waals surface area contributed by atoms with Crippen molar-refractivity contribution in [1.82, 2.24) is 9.97 Å². The lowest BCUT2D eigenvalue weighted by Crippen LogP contribution is -2.27. The number of rotatable bonds is 4. The Balaban J connectivity index is 2.01. The first-order valence-corrected chi connectivity index (χ1v) is 9.25. The maximum atomic E-state index is 13.2. The van der Waals surface area contributed by atoms with E-state index in [0.717, 1.165) is 11.6 Å². The fraction of sp³-hybridized carbons (Fsp3) is 0.238. The van der Waals surface area contributed by atoms with E-state index >= 15 is 0 Å². The molecule has 0 fully saturated rings. The second-order valence-electron chi connectivity index (χ2n) is 7.52. The average Bonchev–Trinajstić information content (AvgIpc) is 2.61. The Labute approximate surface area is 172 Å². The summed E-state index contributed by atoms with van der Waals surface area (Å²) >= 11 is 5.70. The van der Waals surface area contributed by atoms with Crippen molar-refractivity contribution in [3.8, 4) is 11.3 Å². The number of hydrogen-bond donors (Lipinski definition) is 2. The minimum absolute atomic E-state index is 0.223. The highest BCUT2D eigenvalue weighted by Crippen LogP contribution is 2.37. The van der Waals surface area contributed by atoms with Crippen LogP contribution in [0.5, 0.6) is 0 Å². The molecule has 0 saturated carbocycles. The van der Waals surface area contributed by atoms with Crippen molar-refractivity contribution in [1.29, 1.82) is 0 Å². The molecule has 0 aliphatic carbocycles. The standard InChI is InChI=1S/C21H20ClF3N4/c1-20(2,3)29-19-27-17(13-7-5-4-6-8-13)12-18(28-19)26-14-9-10-16(22)15(11-14)21(23,24)25/h4-12H,1-3H3,(H2,26,27,28,29). The summed E-state index contributed by atoms with van der Waals surface area (Å²) in [5, 5.41) is 5.77. The lowest BCUT2D eigenvalue weighted by Gasteiger charge is -2.21. The van der Waals surface area contributed by atoms with Gasteiger partial charge in [0.2, 0.25) is 5.95 Å². The molecule has 0 spiro atoms. The molecule has 0 radical (unpaired) electrons. The molecule has 152 valence electrons. The maximum absolute atomic E-state index is 13.2. The number of nitrogens with one attached hydrogen (secondary N) is 2. The number of hydrogen-bond acceptors (Lipinski definition) is 4. The third-order valence-corrected chi connectivity index (χ3v) is 4.16. The monoisotopic (exact) mass is 420 g/mol. The van der Waals surface area contributed by atoms with Gasteiger partial charge in [-0.3, -0.25) is 0 Å². The number of aromatic nitrogens is 2. The van der Waals surface area contributed by atoms with E-state index in [4.69, 9.17) is 11.6 Å². The Kier molecular flexibility index (Phi) is 5.71. The van der Waals surface area contributed by atoms with Gasteiger partial charge in [-0.2, -0.15) is 18.2 Å². The predicted molar refractivity (Wildman–Crippen MR) is 111 cm³/mol. The van der Waals surface area contributed by atoms with Crippen molar-refractivity contribution in [3.63, 3.8) is 0 Å². The molecule has 4 nitrogen and oxygen atoms in total. The van der Waals surface area contributed by atoms with Gasteiger partial charge < -0.3 is 10.6 Å². The largest absolute Gasteiger partial charge is 0.417 e. The highest BCUT2D eigenvalue weighted by atomic mass is 35.5. The van der Waals surface area contributed by atoms with E-state index in [1.807, 2.05) is 51.1 Å². The zero-order valence-electron chi connectivity index (χ0n) is 16.1. The Morgan fingerprint density at radius 3 is 2.21 bits per heavy atom. The summed E-state index contributed by atoms with van der Waals surface area (Å²) in [7, 11) is 0. The molecule has 1 heterocycles. The highest BCUT2D eigenvalue weighted by Gasteiger charge is 2.33. The quantitative estimate of drug-likeness (QED) is 0.489. The summed E-state index contributed by atoms with van der Waals surface area (Å²) in [4.78, 5) is 8.94. The molecule has 0 unspecified atom stereocenters. The van der Waals surface area contributed by atoms with Crippen molar-refractivity contribution in [2.45, 2.75) is 32.5 Å². The molecule has 0 amide bonds. The van der Waals surface area contributed by atoms with E-state index in [0.29, 0.717) is 17.5 Å². The van der Waals surface area contributed by atoms with Crippen LogP contribution >= 0.6 is 11.6 Å². The SMILES string of the molecule is CC(C)(C)Nc1nc(Nc2ccc(Cl)c(C(F)(F)F)c2)cc(-c2ccccc2)n1. The van der Waals surface area contributed by atoms with Gasteiger partial charge in [-0.15, -0.1) is 0 Å². The van der Waals surface area contributed by atoms with E-state index < -0.39 is 11.7 Å². The fourth-order valence-corrected chi connectivity index (χ4v) is 2.85. The number of anilines is 3. The molecule has 0 saturated heterocycles. The Morgan fingerprint density at radius 2 is 1.59 bits per heavy atom. The second kappa shape index (κ2) is 7.91. The van der Waals surface area contributed by atoms with Crippen LogP contribution in [0, 0.1) is 0 Å². The third kappa shape index (κ3) is 5.60. The Hall–Kier alpha value is -2.80. The first-order chi connectivity index (χ1) is 13.5. The number of benzene rings is 2. The maximum Gasteiger partial charge on any atom is 0.417 e. The van der Waals surface area contributed by atoms with E-state index in [1.54, 1.807) is 6.07 Å². The molecule has 1 aromatic heterocycles. The molecule has 0 aliphatic rings. The van der Waals surface area contributed by atoms with E-state index in [9.17, 15) is 13.2 Å². The summed E-state index contributed by atoms with van der Waals surface area (Å²) in [6.07, 6.45) is -4.55. The van der Waals surface area contributed by atoms with E-state index in [1.165, 1.54) is 12.1 Å². The molecule has 2 aromatic carbocycles. The van der Waals surface area contributed by atoms with Gasteiger partial charge in [-0.05, 0) is 39.0 Å². The van der Waals surface area contributed by atoms with Crippen LogP contribution in [-0.2, 0) is 6.18 Å². The van der Waals surface area contributed by atoms with Crippen LogP contribution in [0.3, 0.4) is 0 Å². The molecule has 0 bridgehead atoms. The number of nitrogens with zero attached hydrogens (tertiary/aromatic N) is 2. The van der Waals surface area contributed by atoms with Crippen molar-refractivity contribution in [2.75, 3.05) is 10.6 Å². The minimum atomic E-state index is -4.55. The first-order valence-electron chi connectivity index (χ1n) is 8.88. The van der Waals surface area contributed by atoms with Gasteiger partial charge in [0.05, 0.1) is 16.3 Å². The van der Waals surface area contributed by atoms with Gasteiger partial charge in [0.25, 0.3) is 0 Å². The highest BCUT2D eigenvalue weighted by molar-refractivity contribution is 6.31. The Morgan fingerprint density at radius 1 is 0.897 bits per heavy atom. The van der Waals surface area contributed by atoms with Crippen LogP contribution in [0.1, 0.15) is 26.3 Å². The van der Waals surface area contributed by atoms with Crippen LogP contribution in [0.15, 0.2) is 54.6 Å². The van der Waals surface area contributed by atoms with Crippen molar-refractivity contribution < 1.29 is 13.2 Å². The molecular weight excluding hydrogens is 401 g/mol. The van der Waals surface area contributed by atoms with Crippen LogP contribution in [-0.4, -0.2) is 15.5 Å².